The zero-order chi connectivity index (χ0) is 21.2. The third-order valence-electron chi connectivity index (χ3n) is 4.21. The molecule has 9 heteroatoms. The fourth-order valence-electron chi connectivity index (χ4n) is 2.56. The third-order valence-corrected chi connectivity index (χ3v) is 7.53. The number of benzene rings is 2. The van der Waals surface area contributed by atoms with Gasteiger partial charge in [-0.05, 0) is 34.7 Å². The van der Waals surface area contributed by atoms with Crippen LogP contribution in [0.15, 0.2) is 52.9 Å². The van der Waals surface area contributed by atoms with Crippen molar-refractivity contribution in [2.75, 3.05) is 5.32 Å². The molecule has 1 heterocycles. The molecule has 0 saturated carbocycles. The summed E-state index contributed by atoms with van der Waals surface area (Å²) >= 11 is 6.85. The van der Waals surface area contributed by atoms with Crippen LogP contribution >= 0.6 is 22.9 Å². The van der Waals surface area contributed by atoms with Crippen molar-refractivity contribution >= 4 is 43.8 Å². The minimum absolute atomic E-state index is 0.0147. The molecule has 0 unspecified atom stereocenters. The second kappa shape index (κ2) is 8.22. The molecule has 3 rings (SSSR count). The summed E-state index contributed by atoms with van der Waals surface area (Å²) in [6, 6.07) is 14.0. The molecular formula is C20H20ClN3O3S2. The Morgan fingerprint density at radius 1 is 1.07 bits per heavy atom. The molecule has 0 radical (unpaired) electrons. The van der Waals surface area contributed by atoms with E-state index in [2.05, 4.69) is 36.3 Å². The number of amides is 1. The minimum Gasteiger partial charge on any atom is -0.296 e. The van der Waals surface area contributed by atoms with Crippen LogP contribution < -0.4 is 5.32 Å². The van der Waals surface area contributed by atoms with Crippen molar-refractivity contribution in [2.24, 2.45) is 0 Å². The van der Waals surface area contributed by atoms with E-state index in [1.165, 1.54) is 0 Å². The van der Waals surface area contributed by atoms with Gasteiger partial charge < -0.3 is 0 Å². The molecule has 0 saturated heterocycles. The van der Waals surface area contributed by atoms with Gasteiger partial charge in [0.15, 0.2) is 0 Å². The van der Waals surface area contributed by atoms with Crippen LogP contribution in [0.2, 0.25) is 5.02 Å². The number of halogens is 1. The molecule has 0 aliphatic heterocycles. The van der Waals surface area contributed by atoms with E-state index in [-0.39, 0.29) is 26.5 Å². The lowest BCUT2D eigenvalue weighted by atomic mass is 9.87. The molecule has 0 spiro atoms. The van der Waals surface area contributed by atoms with Gasteiger partial charge in [-0.25, -0.2) is 8.42 Å². The van der Waals surface area contributed by atoms with Gasteiger partial charge in [0.05, 0.1) is 5.75 Å². The van der Waals surface area contributed by atoms with Gasteiger partial charge in [0.1, 0.15) is 0 Å². The molecule has 0 atom stereocenters. The number of nitrogens with one attached hydrogen (secondary N) is 1. The topological polar surface area (TPSA) is 89.0 Å². The summed E-state index contributed by atoms with van der Waals surface area (Å²) in [6.07, 6.45) is 0. The Morgan fingerprint density at radius 2 is 1.72 bits per heavy atom. The number of hydrogen-bond donors (Lipinski definition) is 1. The van der Waals surface area contributed by atoms with Crippen molar-refractivity contribution in [3.63, 3.8) is 0 Å². The normalized spacial score (nSPS) is 12.0. The Bertz CT molecular complexity index is 1130. The van der Waals surface area contributed by atoms with Crippen LogP contribution in [0.5, 0.6) is 0 Å². The number of carbonyl (C=O) groups excluding carboxylic acids is 1. The second-order valence-electron chi connectivity index (χ2n) is 7.51. The van der Waals surface area contributed by atoms with Gasteiger partial charge in [-0.15, -0.1) is 10.2 Å². The first kappa shape index (κ1) is 21.4. The quantitative estimate of drug-likeness (QED) is 0.569. The average molecular weight is 450 g/mol. The Kier molecular flexibility index (Phi) is 6.07. The molecule has 1 N–H and O–H groups in total. The number of hydrogen-bond acceptors (Lipinski definition) is 6. The SMILES string of the molecule is CC(C)(C)c1ccc(C(=O)Nc2nnc(S(=O)(=O)Cc3ccccc3Cl)s2)cc1. The standard InChI is InChI=1S/C20H20ClN3O3S2/c1-20(2,3)15-10-8-13(9-11-15)17(25)22-18-23-24-19(28-18)29(26,27)12-14-6-4-5-7-16(14)21/h4-11H,12H2,1-3H3,(H,22,23,25). The second-order valence-corrected chi connectivity index (χ2v) is 11.1. The highest BCUT2D eigenvalue weighted by Gasteiger charge is 2.23. The Labute approximate surface area is 178 Å². The predicted octanol–water partition coefficient (Wildman–Crippen LogP) is 4.72. The van der Waals surface area contributed by atoms with E-state index < -0.39 is 9.84 Å². The first-order valence-corrected chi connectivity index (χ1v) is 11.6. The monoisotopic (exact) mass is 449 g/mol. The van der Waals surface area contributed by atoms with Crippen molar-refractivity contribution < 1.29 is 13.2 Å². The summed E-state index contributed by atoms with van der Waals surface area (Å²) in [6.45, 7) is 6.27. The maximum absolute atomic E-state index is 12.6. The van der Waals surface area contributed by atoms with Crippen molar-refractivity contribution in [3.8, 4) is 0 Å². The summed E-state index contributed by atoms with van der Waals surface area (Å²) in [4.78, 5) is 12.4. The summed E-state index contributed by atoms with van der Waals surface area (Å²) in [5.41, 5.74) is 2.03. The Morgan fingerprint density at radius 3 is 2.34 bits per heavy atom. The van der Waals surface area contributed by atoms with E-state index >= 15 is 0 Å². The number of aromatic nitrogens is 2. The molecule has 0 bridgehead atoms. The highest BCUT2D eigenvalue weighted by Crippen LogP contribution is 2.27. The molecule has 3 aromatic rings. The zero-order valence-corrected chi connectivity index (χ0v) is 18.5. The van der Waals surface area contributed by atoms with Crippen LogP contribution in [0.1, 0.15) is 42.3 Å². The molecule has 152 valence electrons. The summed E-state index contributed by atoms with van der Waals surface area (Å²) in [7, 11) is -3.73. The summed E-state index contributed by atoms with van der Waals surface area (Å²) in [5, 5.41) is 10.6. The van der Waals surface area contributed by atoms with Crippen molar-refractivity contribution in [1.82, 2.24) is 10.2 Å². The fraction of sp³-hybridized carbons (Fsp3) is 0.250. The maximum Gasteiger partial charge on any atom is 0.257 e. The number of carbonyl (C=O) groups is 1. The van der Waals surface area contributed by atoms with E-state index in [1.54, 1.807) is 36.4 Å². The highest BCUT2D eigenvalue weighted by atomic mass is 35.5. The summed E-state index contributed by atoms with van der Waals surface area (Å²) < 4.78 is 25.0. The first-order valence-electron chi connectivity index (χ1n) is 8.78. The van der Waals surface area contributed by atoms with Gasteiger partial charge in [0.2, 0.25) is 19.3 Å². The zero-order valence-electron chi connectivity index (χ0n) is 16.1. The molecule has 0 fully saturated rings. The molecule has 29 heavy (non-hydrogen) atoms. The van der Waals surface area contributed by atoms with Gasteiger partial charge in [-0.2, -0.15) is 0 Å². The van der Waals surface area contributed by atoms with Crippen LogP contribution in [0, 0.1) is 0 Å². The molecular weight excluding hydrogens is 430 g/mol. The predicted molar refractivity (Wildman–Crippen MR) is 115 cm³/mol. The molecule has 2 aromatic carbocycles. The lowest BCUT2D eigenvalue weighted by Crippen LogP contribution is -2.14. The lowest BCUT2D eigenvalue weighted by molar-refractivity contribution is 0.102. The number of anilines is 1. The average Bonchev–Trinajstić information content (AvgIpc) is 3.12. The first-order chi connectivity index (χ1) is 13.6. The Hall–Kier alpha value is -2.29. The smallest absolute Gasteiger partial charge is 0.257 e. The van der Waals surface area contributed by atoms with Crippen molar-refractivity contribution in [2.45, 2.75) is 36.3 Å². The van der Waals surface area contributed by atoms with Crippen LogP contribution in [0.4, 0.5) is 5.13 Å². The molecule has 0 aliphatic carbocycles. The largest absolute Gasteiger partial charge is 0.296 e. The molecule has 1 aromatic heterocycles. The Balaban J connectivity index is 1.73. The van der Waals surface area contributed by atoms with E-state index in [0.717, 1.165) is 16.9 Å². The van der Waals surface area contributed by atoms with Crippen LogP contribution in [-0.4, -0.2) is 24.5 Å². The lowest BCUT2D eigenvalue weighted by Gasteiger charge is -2.18. The number of nitrogens with zero attached hydrogens (tertiary/aromatic N) is 2. The fourth-order valence-corrected chi connectivity index (χ4v) is 5.18. The van der Waals surface area contributed by atoms with E-state index in [4.69, 9.17) is 11.6 Å². The van der Waals surface area contributed by atoms with Gasteiger partial charge in [0.25, 0.3) is 5.91 Å². The highest BCUT2D eigenvalue weighted by molar-refractivity contribution is 7.92. The third kappa shape index (κ3) is 5.20. The minimum atomic E-state index is -3.73. The maximum atomic E-state index is 12.6. The molecule has 0 aliphatic rings. The number of sulfone groups is 1. The van der Waals surface area contributed by atoms with Crippen LogP contribution in [0.3, 0.4) is 0 Å². The van der Waals surface area contributed by atoms with E-state index in [0.29, 0.717) is 16.1 Å². The van der Waals surface area contributed by atoms with Gasteiger partial charge in [-0.3, -0.25) is 10.1 Å². The van der Waals surface area contributed by atoms with E-state index in [1.807, 2.05) is 12.1 Å². The molecule has 1 amide bonds. The van der Waals surface area contributed by atoms with Crippen molar-refractivity contribution in [3.05, 3.63) is 70.2 Å². The van der Waals surface area contributed by atoms with Crippen molar-refractivity contribution in [1.29, 1.82) is 0 Å². The summed E-state index contributed by atoms with van der Waals surface area (Å²) in [5.74, 6) is -0.666. The van der Waals surface area contributed by atoms with Gasteiger partial charge >= 0.3 is 0 Å². The molecule has 6 nitrogen and oxygen atoms in total. The van der Waals surface area contributed by atoms with Gasteiger partial charge in [0, 0.05) is 10.6 Å². The van der Waals surface area contributed by atoms with Crippen LogP contribution in [-0.2, 0) is 21.0 Å². The van der Waals surface area contributed by atoms with E-state index in [9.17, 15) is 13.2 Å². The van der Waals surface area contributed by atoms with Gasteiger partial charge in [-0.1, -0.05) is 74.0 Å². The number of rotatable bonds is 5. The van der Waals surface area contributed by atoms with Crippen LogP contribution in [0.25, 0.3) is 0 Å².